The van der Waals surface area contributed by atoms with Crippen molar-refractivity contribution in [2.75, 3.05) is 26.7 Å². The van der Waals surface area contributed by atoms with Gasteiger partial charge in [-0.1, -0.05) is 25.7 Å². The van der Waals surface area contributed by atoms with E-state index in [1.807, 2.05) is 0 Å². The Balaban J connectivity index is 2.03. The molecule has 0 bridgehead atoms. The van der Waals surface area contributed by atoms with Gasteiger partial charge in [0.15, 0.2) is 0 Å². The molecule has 0 amide bonds. The normalized spacial score (nSPS) is 34.2. The topological polar surface area (TPSA) is 26.7 Å². The highest BCUT2D eigenvalue weighted by Crippen LogP contribution is 2.26. The van der Waals surface area contributed by atoms with E-state index in [-0.39, 0.29) is 0 Å². The lowest BCUT2D eigenvalue weighted by Gasteiger charge is -2.36. The van der Waals surface area contributed by atoms with Gasteiger partial charge >= 0.3 is 0 Å². The summed E-state index contributed by atoms with van der Waals surface area (Å²) in [6, 6.07) is 1.72. The van der Waals surface area contributed by atoms with E-state index in [2.05, 4.69) is 23.8 Å². The SMILES string of the molecule is CC1CCN(C2CCCCCC2)C(CO)CN1C. The van der Waals surface area contributed by atoms with Crippen LogP contribution in [-0.4, -0.2) is 59.8 Å². The minimum absolute atomic E-state index is 0.313. The van der Waals surface area contributed by atoms with Crippen LogP contribution in [0.3, 0.4) is 0 Å². The molecular weight excluding hydrogens is 224 g/mol. The Morgan fingerprint density at radius 2 is 1.72 bits per heavy atom. The van der Waals surface area contributed by atoms with E-state index in [1.54, 1.807) is 0 Å². The van der Waals surface area contributed by atoms with Gasteiger partial charge in [0.2, 0.25) is 0 Å². The predicted octanol–water partition coefficient (Wildman–Crippen LogP) is 2.10. The maximum Gasteiger partial charge on any atom is 0.0599 e. The molecule has 1 N–H and O–H groups in total. The summed E-state index contributed by atoms with van der Waals surface area (Å²) >= 11 is 0. The molecule has 0 aromatic heterocycles. The number of hydrogen-bond donors (Lipinski definition) is 1. The smallest absolute Gasteiger partial charge is 0.0599 e. The molecule has 0 spiro atoms. The van der Waals surface area contributed by atoms with E-state index in [9.17, 15) is 5.11 Å². The first-order valence-electron chi connectivity index (χ1n) is 7.79. The first-order valence-corrected chi connectivity index (χ1v) is 7.79. The molecule has 1 saturated heterocycles. The molecule has 1 saturated carbocycles. The van der Waals surface area contributed by atoms with Crippen LogP contribution >= 0.6 is 0 Å². The average Bonchev–Trinajstić information content (AvgIpc) is 2.71. The summed E-state index contributed by atoms with van der Waals surface area (Å²) < 4.78 is 0. The number of nitrogens with zero attached hydrogens (tertiary/aromatic N) is 2. The van der Waals surface area contributed by atoms with Gasteiger partial charge in [0.1, 0.15) is 0 Å². The van der Waals surface area contributed by atoms with Crippen molar-refractivity contribution in [2.24, 2.45) is 0 Å². The highest BCUT2D eigenvalue weighted by atomic mass is 16.3. The molecule has 2 atom stereocenters. The quantitative estimate of drug-likeness (QED) is 0.765. The summed E-state index contributed by atoms with van der Waals surface area (Å²) in [5, 5.41) is 9.72. The van der Waals surface area contributed by atoms with Gasteiger partial charge in [0, 0.05) is 31.2 Å². The molecule has 0 aromatic carbocycles. The van der Waals surface area contributed by atoms with Crippen molar-refractivity contribution in [1.82, 2.24) is 9.80 Å². The van der Waals surface area contributed by atoms with Gasteiger partial charge in [-0.25, -0.2) is 0 Å². The van der Waals surface area contributed by atoms with Crippen LogP contribution in [0.5, 0.6) is 0 Å². The van der Waals surface area contributed by atoms with Gasteiger partial charge in [-0.05, 0) is 33.2 Å². The zero-order chi connectivity index (χ0) is 13.0. The second kappa shape index (κ2) is 6.88. The van der Waals surface area contributed by atoms with Crippen LogP contribution in [0.1, 0.15) is 51.9 Å². The third-order valence-electron chi connectivity index (χ3n) is 5.03. The van der Waals surface area contributed by atoms with Crippen molar-refractivity contribution in [3.63, 3.8) is 0 Å². The number of aliphatic hydroxyl groups is 1. The van der Waals surface area contributed by atoms with E-state index in [0.29, 0.717) is 18.7 Å². The number of rotatable bonds is 2. The van der Waals surface area contributed by atoms with E-state index < -0.39 is 0 Å². The molecule has 106 valence electrons. The summed E-state index contributed by atoms with van der Waals surface area (Å²) in [5.41, 5.74) is 0. The molecule has 3 heteroatoms. The van der Waals surface area contributed by atoms with E-state index in [0.717, 1.165) is 12.6 Å². The Hall–Kier alpha value is -0.120. The van der Waals surface area contributed by atoms with Gasteiger partial charge < -0.3 is 10.0 Å². The highest BCUT2D eigenvalue weighted by molar-refractivity contribution is 4.86. The predicted molar refractivity (Wildman–Crippen MR) is 75.8 cm³/mol. The summed E-state index contributed by atoms with van der Waals surface area (Å²) in [6.07, 6.45) is 9.50. The van der Waals surface area contributed by atoms with Crippen molar-refractivity contribution in [3.05, 3.63) is 0 Å². The Morgan fingerprint density at radius 1 is 1.06 bits per heavy atom. The fourth-order valence-corrected chi connectivity index (χ4v) is 3.59. The second-order valence-corrected chi connectivity index (χ2v) is 6.30. The van der Waals surface area contributed by atoms with Crippen molar-refractivity contribution >= 4 is 0 Å². The fraction of sp³-hybridized carbons (Fsp3) is 1.00. The summed E-state index contributed by atoms with van der Waals surface area (Å²) in [6.45, 7) is 4.81. The number of hydrogen-bond acceptors (Lipinski definition) is 3. The third-order valence-corrected chi connectivity index (χ3v) is 5.03. The van der Waals surface area contributed by atoms with Gasteiger partial charge in [-0.3, -0.25) is 4.90 Å². The summed E-state index contributed by atoms with van der Waals surface area (Å²) in [5.74, 6) is 0. The lowest BCUT2D eigenvalue weighted by atomic mass is 10.0. The molecule has 2 aliphatic rings. The Kier molecular flexibility index (Phi) is 5.46. The molecule has 3 nitrogen and oxygen atoms in total. The van der Waals surface area contributed by atoms with Crippen molar-refractivity contribution < 1.29 is 5.11 Å². The first kappa shape index (κ1) is 14.3. The second-order valence-electron chi connectivity index (χ2n) is 6.30. The Morgan fingerprint density at radius 3 is 2.33 bits per heavy atom. The molecule has 2 fully saturated rings. The maximum absolute atomic E-state index is 9.72. The van der Waals surface area contributed by atoms with Crippen LogP contribution in [0.25, 0.3) is 0 Å². The Bertz CT molecular complexity index is 237. The van der Waals surface area contributed by atoms with Crippen LogP contribution in [0.15, 0.2) is 0 Å². The first-order chi connectivity index (χ1) is 8.72. The average molecular weight is 254 g/mol. The third kappa shape index (κ3) is 3.46. The van der Waals surface area contributed by atoms with Crippen molar-refractivity contribution in [1.29, 1.82) is 0 Å². The Labute approximate surface area is 112 Å². The molecule has 1 aliphatic carbocycles. The van der Waals surface area contributed by atoms with E-state index in [1.165, 1.54) is 51.5 Å². The fourth-order valence-electron chi connectivity index (χ4n) is 3.59. The number of aliphatic hydroxyl groups excluding tert-OH is 1. The van der Waals surface area contributed by atoms with Gasteiger partial charge in [0.25, 0.3) is 0 Å². The van der Waals surface area contributed by atoms with Crippen LogP contribution in [-0.2, 0) is 0 Å². The zero-order valence-electron chi connectivity index (χ0n) is 12.1. The lowest BCUT2D eigenvalue weighted by molar-refractivity contribution is 0.0727. The maximum atomic E-state index is 9.72. The molecule has 0 radical (unpaired) electrons. The highest BCUT2D eigenvalue weighted by Gasteiger charge is 2.31. The zero-order valence-corrected chi connectivity index (χ0v) is 12.1. The molecule has 18 heavy (non-hydrogen) atoms. The molecular formula is C15H30N2O. The molecule has 1 heterocycles. The van der Waals surface area contributed by atoms with Crippen LogP contribution < -0.4 is 0 Å². The van der Waals surface area contributed by atoms with Crippen LogP contribution in [0.4, 0.5) is 0 Å². The van der Waals surface area contributed by atoms with Crippen LogP contribution in [0.2, 0.25) is 0 Å². The van der Waals surface area contributed by atoms with E-state index in [4.69, 9.17) is 0 Å². The summed E-state index contributed by atoms with van der Waals surface area (Å²) in [7, 11) is 2.20. The molecule has 0 aromatic rings. The summed E-state index contributed by atoms with van der Waals surface area (Å²) in [4.78, 5) is 5.04. The number of likely N-dealkylation sites (N-methyl/N-ethyl adjacent to an activating group) is 1. The monoisotopic (exact) mass is 254 g/mol. The van der Waals surface area contributed by atoms with E-state index >= 15 is 0 Å². The van der Waals surface area contributed by atoms with Gasteiger partial charge in [0.05, 0.1) is 6.61 Å². The van der Waals surface area contributed by atoms with Gasteiger partial charge in [-0.2, -0.15) is 0 Å². The molecule has 1 aliphatic heterocycles. The lowest BCUT2D eigenvalue weighted by Crippen LogP contribution is -2.48. The van der Waals surface area contributed by atoms with Gasteiger partial charge in [-0.15, -0.1) is 0 Å². The van der Waals surface area contributed by atoms with Crippen molar-refractivity contribution in [3.8, 4) is 0 Å². The van der Waals surface area contributed by atoms with Crippen molar-refractivity contribution in [2.45, 2.75) is 70.0 Å². The van der Waals surface area contributed by atoms with Crippen LogP contribution in [0, 0.1) is 0 Å². The molecule has 2 unspecified atom stereocenters. The standard InChI is InChI=1S/C15H30N2O/c1-13-9-10-17(15(12-18)11-16(13)2)14-7-5-3-4-6-8-14/h13-15,18H,3-12H2,1-2H3. The molecule has 2 rings (SSSR count). The minimum Gasteiger partial charge on any atom is -0.395 e. The largest absolute Gasteiger partial charge is 0.395 e. The minimum atomic E-state index is 0.313.